The zero-order chi connectivity index (χ0) is 21.1. The van der Waals surface area contributed by atoms with Gasteiger partial charge in [0.25, 0.3) is 11.8 Å². The maximum Gasteiger partial charge on any atom is 0.259 e. The maximum atomic E-state index is 13.2. The minimum absolute atomic E-state index is 0.126. The number of ether oxygens (including phenoxy) is 1. The summed E-state index contributed by atoms with van der Waals surface area (Å²) in [6.07, 6.45) is 1.56. The summed E-state index contributed by atoms with van der Waals surface area (Å²) >= 11 is 0. The number of benzene rings is 2. The molecule has 2 amide bonds. The number of fused-ring (bicyclic) bond motifs is 1. The van der Waals surface area contributed by atoms with Gasteiger partial charge in [-0.25, -0.2) is 0 Å². The highest BCUT2D eigenvalue weighted by Gasteiger charge is 2.22. The second-order valence-electron chi connectivity index (χ2n) is 7.65. The first kappa shape index (κ1) is 20.9. The predicted molar refractivity (Wildman–Crippen MR) is 115 cm³/mol. The molecule has 0 aliphatic carbocycles. The quantitative estimate of drug-likeness (QED) is 0.845. The Morgan fingerprint density at radius 1 is 1.21 bits per heavy atom. The van der Waals surface area contributed by atoms with Gasteiger partial charge in [0.2, 0.25) is 0 Å². The van der Waals surface area contributed by atoms with E-state index in [1.54, 1.807) is 33.3 Å². The lowest BCUT2D eigenvalue weighted by Gasteiger charge is -2.27. The average molecular weight is 396 g/mol. The molecule has 0 aromatic heterocycles. The minimum atomic E-state index is -0.273. The SMILES string of the molecule is CCc1cc(OC)c(C(=O)Nc2cccc3c2CCN(C)C3)cc1C(=O)N(C)C. The van der Waals surface area contributed by atoms with E-state index in [4.69, 9.17) is 4.74 Å². The Labute approximate surface area is 172 Å². The number of hydrogen-bond acceptors (Lipinski definition) is 4. The molecule has 2 aromatic rings. The van der Waals surface area contributed by atoms with E-state index in [2.05, 4.69) is 23.3 Å². The molecule has 0 saturated heterocycles. The minimum Gasteiger partial charge on any atom is -0.496 e. The van der Waals surface area contributed by atoms with E-state index in [1.807, 2.05) is 19.1 Å². The second kappa shape index (κ2) is 8.66. The summed E-state index contributed by atoms with van der Waals surface area (Å²) in [7, 11) is 7.05. The lowest BCUT2D eigenvalue weighted by molar-refractivity contribution is 0.0826. The van der Waals surface area contributed by atoms with E-state index in [0.29, 0.717) is 23.3 Å². The van der Waals surface area contributed by atoms with Gasteiger partial charge in [-0.2, -0.15) is 0 Å². The molecule has 29 heavy (non-hydrogen) atoms. The summed E-state index contributed by atoms with van der Waals surface area (Å²) in [4.78, 5) is 29.6. The molecule has 0 unspecified atom stereocenters. The van der Waals surface area contributed by atoms with E-state index < -0.39 is 0 Å². The lowest BCUT2D eigenvalue weighted by Crippen LogP contribution is -2.28. The first-order chi connectivity index (χ1) is 13.8. The van der Waals surface area contributed by atoms with Crippen LogP contribution < -0.4 is 10.1 Å². The van der Waals surface area contributed by atoms with Crippen molar-refractivity contribution in [1.82, 2.24) is 9.80 Å². The van der Waals surface area contributed by atoms with Gasteiger partial charge in [-0.1, -0.05) is 19.1 Å². The summed E-state index contributed by atoms with van der Waals surface area (Å²) in [5, 5.41) is 3.05. The fraction of sp³-hybridized carbons (Fsp3) is 0.391. The molecule has 0 bridgehead atoms. The number of nitrogens with one attached hydrogen (secondary N) is 1. The highest BCUT2D eigenvalue weighted by Crippen LogP contribution is 2.29. The van der Waals surface area contributed by atoms with Gasteiger partial charge in [0.05, 0.1) is 12.7 Å². The van der Waals surface area contributed by atoms with Crippen LogP contribution in [0.2, 0.25) is 0 Å². The van der Waals surface area contributed by atoms with Gasteiger partial charge in [-0.05, 0) is 54.8 Å². The Morgan fingerprint density at radius 2 is 1.97 bits per heavy atom. The van der Waals surface area contributed by atoms with E-state index >= 15 is 0 Å². The largest absolute Gasteiger partial charge is 0.496 e. The number of aryl methyl sites for hydroxylation is 1. The number of hydrogen-bond donors (Lipinski definition) is 1. The van der Waals surface area contributed by atoms with Crippen LogP contribution in [0.15, 0.2) is 30.3 Å². The predicted octanol–water partition coefficient (Wildman–Crippen LogP) is 3.20. The first-order valence-corrected chi connectivity index (χ1v) is 9.88. The Bertz CT molecular complexity index is 937. The zero-order valence-corrected chi connectivity index (χ0v) is 17.8. The molecule has 1 aliphatic rings. The van der Waals surface area contributed by atoms with Crippen LogP contribution in [0.1, 0.15) is 44.3 Å². The second-order valence-corrected chi connectivity index (χ2v) is 7.65. The Hall–Kier alpha value is -2.86. The molecular formula is C23H29N3O3. The Balaban J connectivity index is 1.98. The average Bonchev–Trinajstić information content (AvgIpc) is 2.71. The van der Waals surface area contributed by atoms with Gasteiger partial charge < -0.3 is 19.9 Å². The van der Waals surface area contributed by atoms with Gasteiger partial charge in [-0.3, -0.25) is 9.59 Å². The van der Waals surface area contributed by atoms with Crippen molar-refractivity contribution >= 4 is 17.5 Å². The van der Waals surface area contributed by atoms with Crippen molar-refractivity contribution in [2.45, 2.75) is 26.3 Å². The fourth-order valence-electron chi connectivity index (χ4n) is 3.76. The number of carbonyl (C=O) groups excluding carboxylic acids is 2. The Morgan fingerprint density at radius 3 is 2.62 bits per heavy atom. The number of anilines is 1. The van der Waals surface area contributed by atoms with Gasteiger partial charge in [0, 0.05) is 38.4 Å². The molecule has 0 saturated carbocycles. The van der Waals surface area contributed by atoms with Crippen molar-refractivity contribution < 1.29 is 14.3 Å². The molecule has 0 spiro atoms. The molecule has 3 rings (SSSR count). The smallest absolute Gasteiger partial charge is 0.259 e. The van der Waals surface area contributed by atoms with Gasteiger partial charge in [-0.15, -0.1) is 0 Å². The number of nitrogens with zero attached hydrogens (tertiary/aromatic N) is 2. The molecule has 154 valence electrons. The number of carbonyl (C=O) groups is 2. The van der Waals surface area contributed by atoms with E-state index in [1.165, 1.54) is 16.0 Å². The number of methoxy groups -OCH3 is 1. The molecular weight excluding hydrogens is 366 g/mol. The van der Waals surface area contributed by atoms with Gasteiger partial charge >= 0.3 is 0 Å². The molecule has 0 radical (unpaired) electrons. The molecule has 0 fully saturated rings. The standard InChI is InChI=1S/C23H29N3O3/c1-6-15-12-21(29-5)19(13-18(15)23(28)25(2)3)22(27)24-20-9-7-8-16-14-26(4)11-10-17(16)20/h7-9,12-13H,6,10-11,14H2,1-5H3,(H,24,27). The monoisotopic (exact) mass is 395 g/mol. The van der Waals surface area contributed by atoms with Gasteiger partial charge in [0.15, 0.2) is 0 Å². The molecule has 2 aromatic carbocycles. The summed E-state index contributed by atoms with van der Waals surface area (Å²) < 4.78 is 5.48. The third-order valence-electron chi connectivity index (χ3n) is 5.39. The molecule has 6 nitrogen and oxygen atoms in total. The molecule has 1 aliphatic heterocycles. The van der Waals surface area contributed by atoms with Crippen LogP contribution in [0, 0.1) is 0 Å². The van der Waals surface area contributed by atoms with Crippen molar-refractivity contribution in [2.24, 2.45) is 0 Å². The summed E-state index contributed by atoms with van der Waals surface area (Å²) in [6.45, 7) is 3.80. The van der Waals surface area contributed by atoms with Crippen molar-refractivity contribution in [2.75, 3.05) is 40.1 Å². The third-order valence-corrected chi connectivity index (χ3v) is 5.39. The number of likely N-dealkylation sites (N-methyl/N-ethyl adjacent to an activating group) is 1. The highest BCUT2D eigenvalue weighted by atomic mass is 16.5. The van der Waals surface area contributed by atoms with E-state index in [0.717, 1.165) is 30.8 Å². The lowest BCUT2D eigenvalue weighted by atomic mass is 9.97. The Kier molecular flexibility index (Phi) is 6.23. The molecule has 1 N–H and O–H groups in total. The summed E-state index contributed by atoms with van der Waals surface area (Å²) in [6, 6.07) is 9.44. The van der Waals surface area contributed by atoms with Crippen LogP contribution >= 0.6 is 0 Å². The van der Waals surface area contributed by atoms with E-state index in [9.17, 15) is 9.59 Å². The molecule has 1 heterocycles. The summed E-state index contributed by atoms with van der Waals surface area (Å²) in [5.74, 6) is 0.0718. The van der Waals surface area contributed by atoms with Crippen LogP contribution in [0.5, 0.6) is 5.75 Å². The van der Waals surface area contributed by atoms with Gasteiger partial charge in [0.1, 0.15) is 5.75 Å². The highest BCUT2D eigenvalue weighted by molar-refractivity contribution is 6.08. The van der Waals surface area contributed by atoms with Crippen LogP contribution in [-0.4, -0.2) is 56.4 Å². The van der Waals surface area contributed by atoms with E-state index in [-0.39, 0.29) is 11.8 Å². The third kappa shape index (κ3) is 4.27. The number of rotatable bonds is 5. The zero-order valence-electron chi connectivity index (χ0n) is 17.8. The normalized spacial score (nSPS) is 13.6. The van der Waals surface area contributed by atoms with Crippen molar-refractivity contribution in [1.29, 1.82) is 0 Å². The van der Waals surface area contributed by atoms with Crippen LogP contribution in [-0.2, 0) is 19.4 Å². The van der Waals surface area contributed by atoms with Crippen LogP contribution in [0.25, 0.3) is 0 Å². The van der Waals surface area contributed by atoms with Crippen LogP contribution in [0.3, 0.4) is 0 Å². The van der Waals surface area contributed by atoms with Crippen molar-refractivity contribution in [3.05, 3.63) is 58.1 Å². The topological polar surface area (TPSA) is 61.9 Å². The van der Waals surface area contributed by atoms with Crippen LogP contribution in [0.4, 0.5) is 5.69 Å². The number of amides is 2. The first-order valence-electron chi connectivity index (χ1n) is 9.88. The molecule has 6 heteroatoms. The maximum absolute atomic E-state index is 13.2. The van der Waals surface area contributed by atoms with Crippen molar-refractivity contribution in [3.8, 4) is 5.75 Å². The summed E-state index contributed by atoms with van der Waals surface area (Å²) in [5.41, 5.74) is 4.97. The molecule has 0 atom stereocenters. The fourth-order valence-corrected chi connectivity index (χ4v) is 3.76. The van der Waals surface area contributed by atoms with Crippen molar-refractivity contribution in [3.63, 3.8) is 0 Å².